The summed E-state index contributed by atoms with van der Waals surface area (Å²) < 4.78 is 5.89. The van der Waals surface area contributed by atoms with Crippen LogP contribution < -0.4 is 9.64 Å². The molecule has 0 amide bonds. The number of benzene rings is 2. The molecular weight excluding hydrogens is 366 g/mol. The highest BCUT2D eigenvalue weighted by Crippen LogP contribution is 2.26. The number of fused-ring (bicyclic) bond motifs is 2. The molecule has 0 radical (unpaired) electrons. The lowest BCUT2D eigenvalue weighted by Crippen LogP contribution is -2.49. The number of hydrogen-bond donors (Lipinski definition) is 3. The van der Waals surface area contributed by atoms with Crippen LogP contribution in [0, 0.1) is 0 Å². The van der Waals surface area contributed by atoms with Crippen LogP contribution in [0.15, 0.2) is 55.0 Å². The van der Waals surface area contributed by atoms with Crippen molar-refractivity contribution in [2.45, 2.75) is 6.10 Å². The smallest absolute Gasteiger partial charge is 0.128 e. The van der Waals surface area contributed by atoms with E-state index in [2.05, 4.69) is 36.9 Å². The Kier molecular flexibility index (Phi) is 4.83. The number of piperazine rings is 1. The van der Waals surface area contributed by atoms with E-state index in [1.54, 1.807) is 6.33 Å². The Bertz CT molecular complexity index is 1100. The first-order valence-electron chi connectivity index (χ1n) is 10.0. The number of ether oxygens (including phenoxy) is 1. The number of H-pyrrole nitrogens is 2. The van der Waals surface area contributed by atoms with Gasteiger partial charge in [0, 0.05) is 49.8 Å². The van der Waals surface area contributed by atoms with E-state index in [1.807, 2.05) is 36.5 Å². The third kappa shape index (κ3) is 3.66. The van der Waals surface area contributed by atoms with Gasteiger partial charge in [0.1, 0.15) is 24.0 Å². The summed E-state index contributed by atoms with van der Waals surface area (Å²) >= 11 is 0. The van der Waals surface area contributed by atoms with Crippen molar-refractivity contribution < 1.29 is 9.84 Å². The summed E-state index contributed by atoms with van der Waals surface area (Å²) in [5.74, 6) is 0.805. The molecule has 150 valence electrons. The molecule has 3 N–H and O–H groups in total. The summed E-state index contributed by atoms with van der Waals surface area (Å²) in [6.07, 6.45) is 3.12. The lowest BCUT2D eigenvalue weighted by Gasteiger charge is -2.36. The molecule has 1 fully saturated rings. The molecule has 1 saturated heterocycles. The highest BCUT2D eigenvalue weighted by Gasteiger charge is 2.21. The van der Waals surface area contributed by atoms with Gasteiger partial charge in [-0.1, -0.05) is 12.1 Å². The lowest BCUT2D eigenvalue weighted by atomic mass is 10.2. The highest BCUT2D eigenvalue weighted by molar-refractivity contribution is 5.88. The molecule has 4 aromatic rings. The second-order valence-corrected chi connectivity index (χ2v) is 7.52. The SMILES string of the molecule is OC(COc1cccc2[nH]ccc12)CN1CCN(c2cccc3[nH]cnc23)CC1. The fraction of sp³-hybridized carbons (Fsp3) is 0.318. The van der Waals surface area contributed by atoms with Crippen molar-refractivity contribution in [3.8, 4) is 5.75 Å². The van der Waals surface area contributed by atoms with Gasteiger partial charge >= 0.3 is 0 Å². The summed E-state index contributed by atoms with van der Waals surface area (Å²) in [7, 11) is 0. The summed E-state index contributed by atoms with van der Waals surface area (Å²) in [4.78, 5) is 15.5. The first-order valence-corrected chi connectivity index (χ1v) is 10.0. The second-order valence-electron chi connectivity index (χ2n) is 7.52. The van der Waals surface area contributed by atoms with Crippen LogP contribution in [0.3, 0.4) is 0 Å². The number of aliphatic hydroxyl groups is 1. The Morgan fingerprint density at radius 2 is 1.83 bits per heavy atom. The highest BCUT2D eigenvalue weighted by atomic mass is 16.5. The second kappa shape index (κ2) is 7.77. The number of β-amino-alcohol motifs (C(OH)–C–C–N with tert-alkyl or cyclic N) is 1. The van der Waals surface area contributed by atoms with Crippen molar-refractivity contribution in [3.05, 3.63) is 55.0 Å². The van der Waals surface area contributed by atoms with Gasteiger partial charge in [-0.25, -0.2) is 4.98 Å². The van der Waals surface area contributed by atoms with Crippen LogP contribution in [0.2, 0.25) is 0 Å². The van der Waals surface area contributed by atoms with Gasteiger partial charge in [-0.05, 0) is 30.3 Å². The van der Waals surface area contributed by atoms with Crippen molar-refractivity contribution in [1.82, 2.24) is 19.9 Å². The van der Waals surface area contributed by atoms with Crippen LogP contribution in [0.25, 0.3) is 21.9 Å². The van der Waals surface area contributed by atoms with Crippen LogP contribution >= 0.6 is 0 Å². The van der Waals surface area contributed by atoms with E-state index in [0.717, 1.165) is 53.9 Å². The molecule has 5 rings (SSSR count). The summed E-state index contributed by atoms with van der Waals surface area (Å²) in [5.41, 5.74) is 4.30. The number of aromatic amines is 2. The zero-order valence-corrected chi connectivity index (χ0v) is 16.2. The first kappa shape index (κ1) is 18.0. The minimum Gasteiger partial charge on any atom is -0.490 e. The molecule has 29 heavy (non-hydrogen) atoms. The molecule has 2 aromatic heterocycles. The largest absolute Gasteiger partial charge is 0.490 e. The number of hydrogen-bond acceptors (Lipinski definition) is 5. The van der Waals surface area contributed by atoms with Gasteiger partial charge in [0.15, 0.2) is 0 Å². The number of para-hydroxylation sites is 1. The molecule has 0 saturated carbocycles. The molecule has 7 nitrogen and oxygen atoms in total. The van der Waals surface area contributed by atoms with Gasteiger partial charge in [-0.3, -0.25) is 4.90 Å². The molecule has 1 aliphatic heterocycles. The van der Waals surface area contributed by atoms with Crippen LogP contribution in [0.5, 0.6) is 5.75 Å². The third-order valence-electron chi connectivity index (χ3n) is 5.60. The van der Waals surface area contributed by atoms with Crippen molar-refractivity contribution in [2.75, 3.05) is 44.2 Å². The summed E-state index contributed by atoms with van der Waals surface area (Å²) in [6.45, 7) is 4.56. The van der Waals surface area contributed by atoms with Crippen molar-refractivity contribution >= 4 is 27.6 Å². The topological polar surface area (TPSA) is 80.4 Å². The normalized spacial score (nSPS) is 16.5. The van der Waals surface area contributed by atoms with E-state index in [-0.39, 0.29) is 6.61 Å². The Morgan fingerprint density at radius 1 is 1.00 bits per heavy atom. The number of rotatable bonds is 6. The first-order chi connectivity index (χ1) is 14.3. The number of aliphatic hydroxyl groups excluding tert-OH is 1. The minimum atomic E-state index is -0.523. The molecule has 1 unspecified atom stereocenters. The van der Waals surface area contributed by atoms with Gasteiger partial charge in [0.25, 0.3) is 0 Å². The average molecular weight is 391 g/mol. The maximum Gasteiger partial charge on any atom is 0.128 e. The van der Waals surface area contributed by atoms with Crippen LogP contribution in [-0.2, 0) is 0 Å². The van der Waals surface area contributed by atoms with E-state index in [1.165, 1.54) is 5.69 Å². The van der Waals surface area contributed by atoms with Crippen molar-refractivity contribution in [3.63, 3.8) is 0 Å². The quantitative estimate of drug-likeness (QED) is 0.471. The zero-order valence-electron chi connectivity index (χ0n) is 16.2. The Morgan fingerprint density at radius 3 is 2.72 bits per heavy atom. The van der Waals surface area contributed by atoms with Crippen LogP contribution in [0.1, 0.15) is 0 Å². The molecule has 2 aromatic carbocycles. The molecule has 0 aliphatic carbocycles. The number of aromatic nitrogens is 3. The number of imidazole rings is 1. The van der Waals surface area contributed by atoms with E-state index in [4.69, 9.17) is 4.74 Å². The fourth-order valence-corrected chi connectivity index (χ4v) is 4.10. The van der Waals surface area contributed by atoms with E-state index in [0.29, 0.717) is 6.54 Å². The fourth-order valence-electron chi connectivity index (χ4n) is 4.10. The molecule has 7 heteroatoms. The Labute approximate surface area is 168 Å². The monoisotopic (exact) mass is 391 g/mol. The third-order valence-corrected chi connectivity index (χ3v) is 5.60. The zero-order chi connectivity index (χ0) is 19.6. The van der Waals surface area contributed by atoms with Crippen molar-refractivity contribution in [2.24, 2.45) is 0 Å². The molecule has 0 spiro atoms. The maximum absolute atomic E-state index is 10.5. The molecule has 1 atom stereocenters. The van der Waals surface area contributed by atoms with Crippen molar-refractivity contribution in [1.29, 1.82) is 0 Å². The molecule has 0 bridgehead atoms. The molecular formula is C22H25N5O2. The molecule has 3 heterocycles. The van der Waals surface area contributed by atoms with Gasteiger partial charge < -0.3 is 24.7 Å². The van der Waals surface area contributed by atoms with Crippen LogP contribution in [-0.4, -0.2) is 70.4 Å². The van der Waals surface area contributed by atoms with Gasteiger partial charge in [-0.15, -0.1) is 0 Å². The van der Waals surface area contributed by atoms with E-state index in [9.17, 15) is 5.11 Å². The van der Waals surface area contributed by atoms with Gasteiger partial charge in [0.05, 0.1) is 17.5 Å². The summed E-state index contributed by atoms with van der Waals surface area (Å²) in [6, 6.07) is 14.2. The number of nitrogens with zero attached hydrogens (tertiary/aromatic N) is 3. The minimum absolute atomic E-state index is 0.289. The lowest BCUT2D eigenvalue weighted by molar-refractivity contribution is 0.0668. The van der Waals surface area contributed by atoms with Crippen LogP contribution in [0.4, 0.5) is 5.69 Å². The average Bonchev–Trinajstić information content (AvgIpc) is 3.42. The predicted octanol–water partition coefficient (Wildman–Crippen LogP) is 2.61. The Hall–Kier alpha value is -3.03. The number of anilines is 1. The number of nitrogens with one attached hydrogen (secondary N) is 2. The van der Waals surface area contributed by atoms with Gasteiger partial charge in [0.2, 0.25) is 0 Å². The molecule has 1 aliphatic rings. The van der Waals surface area contributed by atoms with Gasteiger partial charge in [-0.2, -0.15) is 0 Å². The van der Waals surface area contributed by atoms with E-state index < -0.39 is 6.10 Å². The summed E-state index contributed by atoms with van der Waals surface area (Å²) in [5, 5.41) is 11.5. The van der Waals surface area contributed by atoms with E-state index >= 15 is 0 Å². The standard InChI is InChI=1S/C22H25N5O2/c28-16(14-29-21-6-2-3-18-17(21)7-8-23-18)13-26-9-11-27(12-10-26)20-5-1-4-19-22(20)25-15-24-19/h1-8,15-16,23,28H,9-14H2,(H,24,25). The maximum atomic E-state index is 10.5. The Balaban J connectivity index is 1.15. The predicted molar refractivity (Wildman–Crippen MR) is 115 cm³/mol.